The van der Waals surface area contributed by atoms with Crippen LogP contribution in [0.5, 0.6) is 0 Å². The van der Waals surface area contributed by atoms with Gasteiger partial charge in [-0.2, -0.15) is 0 Å². The number of imidazole rings is 2. The summed E-state index contributed by atoms with van der Waals surface area (Å²) >= 11 is 0. The fourth-order valence-electron chi connectivity index (χ4n) is 8.28. The lowest BCUT2D eigenvalue weighted by Gasteiger charge is -2.21. The molecule has 2 unspecified atom stereocenters. The number of fused-ring (bicyclic) bond motifs is 6. The van der Waals surface area contributed by atoms with Gasteiger partial charge in [0.1, 0.15) is 29.9 Å². The molecule has 18 nitrogen and oxygen atoms in total. The van der Waals surface area contributed by atoms with E-state index in [4.69, 9.17) is 16.2 Å². The summed E-state index contributed by atoms with van der Waals surface area (Å²) in [6, 6.07) is 13.8. The summed E-state index contributed by atoms with van der Waals surface area (Å²) in [5.74, 6) is -4.63. The van der Waals surface area contributed by atoms with Crippen molar-refractivity contribution in [3.05, 3.63) is 150 Å². The van der Waals surface area contributed by atoms with Crippen LogP contribution < -0.4 is 33.2 Å². The molecule has 7 N–H and O–H groups in total. The van der Waals surface area contributed by atoms with Crippen LogP contribution in [0.4, 0.5) is 20.2 Å². The van der Waals surface area contributed by atoms with E-state index in [1.807, 2.05) is 32.9 Å². The Hall–Kier alpha value is -8.42. The molecule has 2 amide bonds. The zero-order valence-corrected chi connectivity index (χ0v) is 38.5. The number of carboxylic acids is 1. The van der Waals surface area contributed by atoms with E-state index in [0.29, 0.717) is 50.0 Å². The van der Waals surface area contributed by atoms with E-state index in [9.17, 15) is 42.7 Å². The molecule has 0 bridgehead atoms. The molecule has 0 saturated heterocycles. The SMILES string of the molecule is Cc1cc(C(C)Nc2ccc(F)cc2C(N)=O)c2c(c1)c(=O)n(C)c1c(C(=O)O)ncn21.Cc1cc(C(C)Nc2ccc(F)cc2C(N)=O)c2c(c1)c(=O)n(C)c1c(C(=O)OC(C)(C)C)ncn21. The molecule has 0 aliphatic heterocycles. The Bertz CT molecular complexity index is 3550. The summed E-state index contributed by atoms with van der Waals surface area (Å²) in [5.41, 5.74) is 14.4. The molecule has 8 rings (SSSR count). The van der Waals surface area contributed by atoms with E-state index < -0.39 is 53.1 Å². The highest BCUT2D eigenvalue weighted by molar-refractivity contribution is 6.00. The van der Waals surface area contributed by atoms with Gasteiger partial charge in [-0.3, -0.25) is 37.1 Å². The van der Waals surface area contributed by atoms with Gasteiger partial charge in [0, 0.05) is 25.5 Å². The number of esters is 1. The number of anilines is 2. The number of aromatic nitrogens is 6. The number of carbonyl (C=O) groups is 4. The Morgan fingerprint density at radius 2 is 1.07 bits per heavy atom. The van der Waals surface area contributed by atoms with Gasteiger partial charge < -0.3 is 31.9 Å². The maximum absolute atomic E-state index is 13.7. The monoisotopic (exact) mass is 930 g/mol. The number of carboxylic acid groups (broad SMARTS) is 1. The molecule has 20 heteroatoms. The van der Waals surface area contributed by atoms with Crippen molar-refractivity contribution in [2.24, 2.45) is 25.6 Å². The van der Waals surface area contributed by atoms with E-state index >= 15 is 0 Å². The van der Waals surface area contributed by atoms with Crippen molar-refractivity contribution in [3.63, 3.8) is 0 Å². The first-order chi connectivity index (χ1) is 31.9. The van der Waals surface area contributed by atoms with E-state index in [2.05, 4.69) is 20.6 Å². The minimum atomic E-state index is -1.25. The van der Waals surface area contributed by atoms with Crippen LogP contribution in [0.2, 0.25) is 0 Å². The lowest BCUT2D eigenvalue weighted by Crippen LogP contribution is -2.26. The molecule has 4 aromatic carbocycles. The molecule has 0 spiro atoms. The lowest BCUT2D eigenvalue weighted by atomic mass is 10.00. The van der Waals surface area contributed by atoms with Gasteiger partial charge in [-0.1, -0.05) is 12.1 Å². The number of aromatic carboxylic acids is 1. The fraction of sp³-hybridized carbons (Fsp3) is 0.250. The molecule has 352 valence electrons. The van der Waals surface area contributed by atoms with Gasteiger partial charge in [-0.15, -0.1) is 0 Å². The highest BCUT2D eigenvalue weighted by Gasteiger charge is 2.27. The smallest absolute Gasteiger partial charge is 0.361 e. The quantitative estimate of drug-likeness (QED) is 0.0927. The molecule has 68 heavy (non-hydrogen) atoms. The standard InChI is InChI=1S/C26H28FN5O4.C22H20FN5O4/c1-13-9-16(14(2)30-19-8-7-15(27)11-17(19)22(28)33)21-18(10-13)24(34)31(6)23-20(29-12-32(21)23)25(35)36-26(3,4)5;1-10-6-13(11(2)26-16-5-4-12(23)8-14(16)19(24)29)18-15(7-10)21(30)27(3)20-17(22(31)32)25-9-28(18)20/h7-12,14,30H,1-6H3,(H2,28,33);4-9,11,26H,1-3H3,(H2,24,29)(H,31,32). The maximum Gasteiger partial charge on any atom is 0.361 e. The number of benzene rings is 4. The van der Waals surface area contributed by atoms with Crippen LogP contribution in [0.1, 0.15) is 111 Å². The second-order valence-electron chi connectivity index (χ2n) is 17.4. The number of hydrogen-bond donors (Lipinski definition) is 5. The fourth-order valence-corrected chi connectivity index (χ4v) is 8.28. The summed E-state index contributed by atoms with van der Waals surface area (Å²) < 4.78 is 38.7. The predicted molar refractivity (Wildman–Crippen MR) is 251 cm³/mol. The number of rotatable bonds is 10. The van der Waals surface area contributed by atoms with Gasteiger partial charge in [-0.25, -0.2) is 28.3 Å². The minimum absolute atomic E-state index is 0.00864. The average Bonchev–Trinajstić information content (AvgIpc) is 3.91. The molecule has 0 saturated carbocycles. The zero-order valence-electron chi connectivity index (χ0n) is 38.5. The Labute approximate surface area is 385 Å². The lowest BCUT2D eigenvalue weighted by molar-refractivity contribution is 0.00647. The molecule has 0 radical (unpaired) electrons. The Morgan fingerprint density at radius 3 is 1.46 bits per heavy atom. The average molecular weight is 931 g/mol. The van der Waals surface area contributed by atoms with Crippen molar-refractivity contribution in [1.82, 2.24) is 27.9 Å². The van der Waals surface area contributed by atoms with Crippen LogP contribution in [0, 0.1) is 25.5 Å². The van der Waals surface area contributed by atoms with Crippen LogP contribution in [0.15, 0.2) is 82.9 Å². The topological polar surface area (TPSA) is 252 Å². The van der Waals surface area contributed by atoms with E-state index in [1.54, 1.807) is 55.7 Å². The first kappa shape index (κ1) is 47.5. The number of primary amides is 2. The highest BCUT2D eigenvalue weighted by Crippen LogP contribution is 2.32. The summed E-state index contributed by atoms with van der Waals surface area (Å²) in [6.07, 6.45) is 2.84. The molecular weight excluding hydrogens is 883 g/mol. The molecule has 8 aromatic rings. The first-order valence-corrected chi connectivity index (χ1v) is 21.1. The number of aryl methyl sites for hydroxylation is 4. The highest BCUT2D eigenvalue weighted by atomic mass is 19.1. The van der Waals surface area contributed by atoms with Gasteiger partial charge in [-0.05, 0) is 119 Å². The van der Waals surface area contributed by atoms with Crippen molar-refractivity contribution in [2.45, 2.75) is 66.2 Å². The van der Waals surface area contributed by atoms with Crippen molar-refractivity contribution in [2.75, 3.05) is 10.6 Å². The molecule has 0 aliphatic carbocycles. The number of hydrogen-bond acceptors (Lipinski definition) is 11. The van der Waals surface area contributed by atoms with E-state index in [0.717, 1.165) is 23.3 Å². The number of nitrogens with one attached hydrogen (secondary N) is 2. The van der Waals surface area contributed by atoms with Crippen LogP contribution in [0.3, 0.4) is 0 Å². The number of nitrogens with zero attached hydrogens (tertiary/aromatic N) is 6. The Morgan fingerprint density at radius 1 is 0.676 bits per heavy atom. The summed E-state index contributed by atoms with van der Waals surface area (Å²) in [5, 5.41) is 16.7. The zero-order chi connectivity index (χ0) is 49.8. The Balaban J connectivity index is 0.000000203. The molecule has 4 heterocycles. The summed E-state index contributed by atoms with van der Waals surface area (Å²) in [7, 11) is 3.07. The molecular formula is C48H48F2N10O8. The van der Waals surface area contributed by atoms with Crippen LogP contribution in [-0.2, 0) is 18.8 Å². The van der Waals surface area contributed by atoms with Crippen LogP contribution in [0.25, 0.3) is 33.1 Å². The van der Waals surface area contributed by atoms with Gasteiger partial charge >= 0.3 is 11.9 Å². The third-order valence-corrected chi connectivity index (χ3v) is 11.2. The number of halogens is 2. The van der Waals surface area contributed by atoms with E-state index in [-0.39, 0.29) is 39.3 Å². The third-order valence-electron chi connectivity index (χ3n) is 11.2. The van der Waals surface area contributed by atoms with Gasteiger partial charge in [0.25, 0.3) is 22.9 Å². The van der Waals surface area contributed by atoms with Gasteiger partial charge in [0.2, 0.25) is 0 Å². The summed E-state index contributed by atoms with van der Waals surface area (Å²) in [6.45, 7) is 12.6. The molecule has 4 aromatic heterocycles. The number of amides is 2. The number of carbonyl (C=O) groups excluding carboxylic acids is 3. The number of ether oxygens (including phenoxy) is 1. The number of nitrogens with two attached hydrogens (primary N) is 2. The Kier molecular flexibility index (Phi) is 12.4. The second kappa shape index (κ2) is 17.8. The van der Waals surface area contributed by atoms with Crippen molar-refractivity contribution >= 4 is 68.2 Å². The van der Waals surface area contributed by atoms with Crippen LogP contribution >= 0.6 is 0 Å². The third kappa shape index (κ3) is 8.82. The summed E-state index contributed by atoms with van der Waals surface area (Å²) in [4.78, 5) is 83.0. The minimum Gasteiger partial charge on any atom is -0.476 e. The normalized spacial score (nSPS) is 12.5. The van der Waals surface area contributed by atoms with Crippen molar-refractivity contribution in [1.29, 1.82) is 0 Å². The second-order valence-corrected chi connectivity index (χ2v) is 17.4. The first-order valence-electron chi connectivity index (χ1n) is 21.1. The molecule has 0 aliphatic rings. The van der Waals surface area contributed by atoms with Crippen LogP contribution in [-0.4, -0.2) is 62.4 Å². The van der Waals surface area contributed by atoms with Crippen molar-refractivity contribution in [3.8, 4) is 0 Å². The van der Waals surface area contributed by atoms with Gasteiger partial charge in [0.15, 0.2) is 22.7 Å². The van der Waals surface area contributed by atoms with Crippen molar-refractivity contribution < 1.29 is 37.8 Å². The largest absolute Gasteiger partial charge is 0.476 e. The molecule has 2 atom stereocenters. The predicted octanol–water partition coefficient (Wildman–Crippen LogP) is 6.46. The maximum atomic E-state index is 13.7. The van der Waals surface area contributed by atoms with E-state index in [1.165, 1.54) is 53.1 Å². The molecule has 0 fully saturated rings. The van der Waals surface area contributed by atoms with Gasteiger partial charge in [0.05, 0.1) is 45.0 Å².